The number of aromatic nitrogens is 1. The molecule has 3 heterocycles. The van der Waals surface area contributed by atoms with Crippen molar-refractivity contribution in [3.8, 4) is 0 Å². The van der Waals surface area contributed by atoms with Crippen molar-refractivity contribution in [3.63, 3.8) is 0 Å². The van der Waals surface area contributed by atoms with E-state index in [1.54, 1.807) is 0 Å². The number of carbonyl (C=O) groups is 1. The molecular formula is C22H36N6O2. The highest BCUT2D eigenvalue weighted by molar-refractivity contribution is 5.80. The van der Waals surface area contributed by atoms with E-state index in [9.17, 15) is 4.79 Å². The largest absolute Gasteiger partial charge is 0.466 e. The summed E-state index contributed by atoms with van der Waals surface area (Å²) in [5, 5.41) is 3.39. The van der Waals surface area contributed by atoms with Crippen LogP contribution in [0.15, 0.2) is 23.3 Å². The van der Waals surface area contributed by atoms with E-state index in [-0.39, 0.29) is 11.9 Å². The van der Waals surface area contributed by atoms with Gasteiger partial charge in [0.2, 0.25) is 0 Å². The first kappa shape index (κ1) is 22.3. The summed E-state index contributed by atoms with van der Waals surface area (Å²) in [5.74, 6) is 1.90. The Hall–Kier alpha value is -2.35. The number of pyridine rings is 1. The van der Waals surface area contributed by atoms with Gasteiger partial charge in [-0.2, -0.15) is 0 Å². The molecule has 2 aliphatic rings. The fraction of sp³-hybridized carbons (Fsp3) is 0.682. The van der Waals surface area contributed by atoms with Gasteiger partial charge in [0.1, 0.15) is 5.82 Å². The number of piperazine rings is 1. The van der Waals surface area contributed by atoms with Gasteiger partial charge >= 0.3 is 5.97 Å². The van der Waals surface area contributed by atoms with Crippen LogP contribution in [0.5, 0.6) is 0 Å². The first-order chi connectivity index (χ1) is 14.6. The number of piperidine rings is 1. The molecule has 8 heteroatoms. The van der Waals surface area contributed by atoms with Gasteiger partial charge in [0.25, 0.3) is 0 Å². The van der Waals surface area contributed by atoms with Crippen molar-refractivity contribution < 1.29 is 9.53 Å². The standard InChI is InChI=1S/C22H36N6O2/c1-4-23-22(28-10-8-19(9-11-28)21(29)30-5-2)25-17-18-6-7-20(24-16-18)27-14-12-26(3)13-15-27/h6-7,16,19H,4-5,8-15,17H2,1-3H3,(H,23,25). The molecule has 0 unspecified atom stereocenters. The Morgan fingerprint density at radius 3 is 2.50 bits per heavy atom. The number of aliphatic imine (C=N–C) groups is 1. The van der Waals surface area contributed by atoms with Crippen molar-refractivity contribution in [3.05, 3.63) is 23.9 Å². The van der Waals surface area contributed by atoms with E-state index >= 15 is 0 Å². The summed E-state index contributed by atoms with van der Waals surface area (Å²) in [7, 11) is 2.16. The third-order valence-electron chi connectivity index (χ3n) is 5.80. The Morgan fingerprint density at radius 1 is 1.17 bits per heavy atom. The molecule has 0 spiro atoms. The van der Waals surface area contributed by atoms with E-state index in [0.717, 1.165) is 76.0 Å². The van der Waals surface area contributed by atoms with Crippen LogP contribution in [0.3, 0.4) is 0 Å². The van der Waals surface area contributed by atoms with Crippen molar-refractivity contribution in [2.24, 2.45) is 10.9 Å². The Morgan fingerprint density at radius 2 is 1.90 bits per heavy atom. The first-order valence-corrected chi connectivity index (χ1v) is 11.2. The van der Waals surface area contributed by atoms with Gasteiger partial charge in [-0.15, -0.1) is 0 Å². The molecule has 30 heavy (non-hydrogen) atoms. The molecule has 0 aromatic carbocycles. The van der Waals surface area contributed by atoms with E-state index in [0.29, 0.717) is 13.2 Å². The molecule has 8 nitrogen and oxygen atoms in total. The lowest BCUT2D eigenvalue weighted by molar-refractivity contribution is -0.149. The molecule has 1 N–H and O–H groups in total. The SMILES string of the molecule is CCNC(=NCc1ccc(N2CCN(C)CC2)nc1)N1CCC(C(=O)OCC)CC1. The average molecular weight is 417 g/mol. The second-order valence-electron chi connectivity index (χ2n) is 8.00. The van der Waals surface area contributed by atoms with Crippen LogP contribution in [0, 0.1) is 5.92 Å². The molecule has 166 valence electrons. The van der Waals surface area contributed by atoms with Crippen molar-refractivity contribution in [1.82, 2.24) is 20.1 Å². The van der Waals surface area contributed by atoms with Gasteiger partial charge in [-0.1, -0.05) is 6.07 Å². The Kier molecular flexibility index (Phi) is 8.30. The molecule has 2 aliphatic heterocycles. The van der Waals surface area contributed by atoms with Crippen LogP contribution in [0.4, 0.5) is 5.82 Å². The van der Waals surface area contributed by atoms with Crippen molar-refractivity contribution >= 4 is 17.7 Å². The molecule has 0 radical (unpaired) electrons. The van der Waals surface area contributed by atoms with Crippen molar-refractivity contribution in [2.75, 3.05) is 64.4 Å². The number of rotatable bonds is 6. The number of anilines is 1. The molecule has 1 aromatic rings. The topological polar surface area (TPSA) is 73.3 Å². The number of likely N-dealkylation sites (N-methyl/N-ethyl adjacent to an activating group) is 1. The maximum atomic E-state index is 12.0. The van der Waals surface area contributed by atoms with Crippen molar-refractivity contribution in [1.29, 1.82) is 0 Å². The second-order valence-corrected chi connectivity index (χ2v) is 8.00. The summed E-state index contributed by atoms with van der Waals surface area (Å²) in [4.78, 5) is 28.4. The maximum absolute atomic E-state index is 12.0. The van der Waals surface area contributed by atoms with E-state index in [2.05, 4.69) is 51.1 Å². The minimum Gasteiger partial charge on any atom is -0.466 e. The van der Waals surface area contributed by atoms with E-state index < -0.39 is 0 Å². The van der Waals surface area contributed by atoms with E-state index in [1.165, 1.54) is 0 Å². The van der Waals surface area contributed by atoms with Gasteiger partial charge in [-0.05, 0) is 45.4 Å². The lowest BCUT2D eigenvalue weighted by Crippen LogP contribution is -2.46. The summed E-state index contributed by atoms with van der Waals surface area (Å²) in [6.45, 7) is 11.6. The van der Waals surface area contributed by atoms with Gasteiger partial charge in [0.05, 0.1) is 19.1 Å². The number of guanidine groups is 1. The van der Waals surface area contributed by atoms with Gasteiger partial charge in [-0.3, -0.25) is 4.79 Å². The number of likely N-dealkylation sites (tertiary alicyclic amines) is 1. The quantitative estimate of drug-likeness (QED) is 0.429. The summed E-state index contributed by atoms with van der Waals surface area (Å²) >= 11 is 0. The first-order valence-electron chi connectivity index (χ1n) is 11.2. The van der Waals surface area contributed by atoms with Crippen LogP contribution < -0.4 is 10.2 Å². The number of hydrogen-bond acceptors (Lipinski definition) is 6. The number of nitrogens with zero attached hydrogens (tertiary/aromatic N) is 5. The number of ether oxygens (including phenoxy) is 1. The van der Waals surface area contributed by atoms with Gasteiger partial charge in [-0.25, -0.2) is 9.98 Å². The van der Waals surface area contributed by atoms with Crippen molar-refractivity contribution in [2.45, 2.75) is 33.2 Å². The van der Waals surface area contributed by atoms with Gasteiger partial charge in [0, 0.05) is 52.0 Å². The van der Waals surface area contributed by atoms with E-state index in [1.807, 2.05) is 13.1 Å². The highest BCUT2D eigenvalue weighted by Gasteiger charge is 2.27. The fourth-order valence-corrected chi connectivity index (χ4v) is 3.91. The van der Waals surface area contributed by atoms with Gasteiger partial charge < -0.3 is 24.8 Å². The monoisotopic (exact) mass is 416 g/mol. The average Bonchev–Trinajstić information content (AvgIpc) is 2.78. The van der Waals surface area contributed by atoms with Crippen LogP contribution in [-0.4, -0.2) is 86.2 Å². The fourth-order valence-electron chi connectivity index (χ4n) is 3.91. The second kappa shape index (κ2) is 11.2. The summed E-state index contributed by atoms with van der Waals surface area (Å²) in [6.07, 6.45) is 3.56. The normalized spacial score (nSPS) is 19.1. The van der Waals surface area contributed by atoms with Crippen LogP contribution >= 0.6 is 0 Å². The molecule has 2 saturated heterocycles. The zero-order valence-corrected chi connectivity index (χ0v) is 18.6. The molecular weight excluding hydrogens is 380 g/mol. The highest BCUT2D eigenvalue weighted by atomic mass is 16.5. The molecule has 0 saturated carbocycles. The number of nitrogens with one attached hydrogen (secondary N) is 1. The number of hydrogen-bond donors (Lipinski definition) is 1. The molecule has 0 bridgehead atoms. The van der Waals surface area contributed by atoms with Crippen LogP contribution in [-0.2, 0) is 16.1 Å². The summed E-state index contributed by atoms with van der Waals surface area (Å²) in [5.41, 5.74) is 1.10. The highest BCUT2D eigenvalue weighted by Crippen LogP contribution is 2.19. The van der Waals surface area contributed by atoms with Gasteiger partial charge in [0.15, 0.2) is 5.96 Å². The van der Waals surface area contributed by atoms with Crippen LogP contribution in [0.2, 0.25) is 0 Å². The minimum absolute atomic E-state index is 0.00963. The number of esters is 1. The minimum atomic E-state index is -0.0643. The lowest BCUT2D eigenvalue weighted by atomic mass is 9.97. The van der Waals surface area contributed by atoms with Crippen LogP contribution in [0.1, 0.15) is 32.3 Å². The number of carbonyl (C=O) groups excluding carboxylic acids is 1. The molecule has 3 rings (SSSR count). The predicted molar refractivity (Wildman–Crippen MR) is 120 cm³/mol. The molecule has 0 atom stereocenters. The third kappa shape index (κ3) is 6.08. The smallest absolute Gasteiger partial charge is 0.309 e. The zero-order valence-electron chi connectivity index (χ0n) is 18.6. The molecule has 0 aliphatic carbocycles. The molecule has 0 amide bonds. The summed E-state index contributed by atoms with van der Waals surface area (Å²) < 4.78 is 5.17. The van der Waals surface area contributed by atoms with E-state index in [4.69, 9.17) is 9.73 Å². The Balaban J connectivity index is 1.55. The maximum Gasteiger partial charge on any atom is 0.309 e. The zero-order chi connectivity index (χ0) is 21.3. The van der Waals surface area contributed by atoms with Crippen LogP contribution in [0.25, 0.3) is 0 Å². The Labute approximate surface area is 180 Å². The summed E-state index contributed by atoms with van der Waals surface area (Å²) in [6, 6.07) is 4.23. The Bertz CT molecular complexity index is 692. The molecule has 2 fully saturated rings. The molecule has 1 aromatic heterocycles. The lowest BCUT2D eigenvalue weighted by Gasteiger charge is -2.33. The predicted octanol–water partition coefficient (Wildman–Crippen LogP) is 1.57. The third-order valence-corrected chi connectivity index (χ3v) is 5.80.